The van der Waals surface area contributed by atoms with Crippen LogP contribution in [0.3, 0.4) is 0 Å². The number of nitrogens with zero attached hydrogens (tertiary/aromatic N) is 2. The Kier molecular flexibility index (Phi) is 4.96. The van der Waals surface area contributed by atoms with E-state index in [0.717, 1.165) is 38.5 Å². The lowest BCUT2D eigenvalue weighted by atomic mass is 10.1. The largest absolute Gasteiger partial charge is 0.365 e. The molecule has 1 aliphatic heterocycles. The van der Waals surface area contributed by atoms with Gasteiger partial charge in [0.05, 0.1) is 0 Å². The van der Waals surface area contributed by atoms with Gasteiger partial charge in [-0.1, -0.05) is 13.8 Å². The summed E-state index contributed by atoms with van der Waals surface area (Å²) in [6.07, 6.45) is 5.78. The average Bonchev–Trinajstić information content (AvgIpc) is 2.86. The third kappa shape index (κ3) is 4.06. The first-order chi connectivity index (χ1) is 9.16. The maximum absolute atomic E-state index is 12.2. The first-order valence-corrected chi connectivity index (χ1v) is 7.17. The minimum atomic E-state index is -0.0132. The summed E-state index contributed by atoms with van der Waals surface area (Å²) in [5.74, 6) is 1.67. The molecule has 5 nitrogen and oxygen atoms in total. The average molecular weight is 264 g/mol. The fourth-order valence-electron chi connectivity index (χ4n) is 2.46. The van der Waals surface area contributed by atoms with E-state index in [1.54, 1.807) is 17.0 Å². The van der Waals surface area contributed by atoms with Crippen molar-refractivity contribution in [1.29, 1.82) is 0 Å². The van der Waals surface area contributed by atoms with Crippen LogP contribution < -0.4 is 16.2 Å². The molecule has 5 heteroatoms. The molecule has 0 bridgehead atoms. The van der Waals surface area contributed by atoms with E-state index in [9.17, 15) is 4.79 Å². The van der Waals surface area contributed by atoms with Gasteiger partial charge in [-0.2, -0.15) is 0 Å². The van der Waals surface area contributed by atoms with Crippen LogP contribution in [0.1, 0.15) is 26.7 Å². The van der Waals surface area contributed by atoms with Gasteiger partial charge in [0.1, 0.15) is 0 Å². The molecule has 2 heterocycles. The molecule has 0 aromatic carbocycles. The highest BCUT2D eigenvalue weighted by molar-refractivity contribution is 5.30. The monoisotopic (exact) mass is 264 g/mol. The van der Waals surface area contributed by atoms with E-state index in [-0.39, 0.29) is 5.56 Å². The molecule has 1 atom stereocenters. The molecule has 0 aliphatic carbocycles. The first-order valence-electron chi connectivity index (χ1n) is 7.17. The number of aromatic nitrogens is 2. The lowest BCUT2D eigenvalue weighted by Crippen LogP contribution is -2.26. The van der Waals surface area contributed by atoms with E-state index < -0.39 is 0 Å². The number of hydrogen-bond donors (Lipinski definition) is 2. The molecule has 1 aromatic heterocycles. The zero-order chi connectivity index (χ0) is 13.7. The van der Waals surface area contributed by atoms with Crippen LogP contribution in [0, 0.1) is 11.8 Å². The zero-order valence-corrected chi connectivity index (χ0v) is 11.9. The quantitative estimate of drug-likeness (QED) is 0.813. The molecule has 0 saturated carbocycles. The molecule has 1 fully saturated rings. The Morgan fingerprint density at radius 1 is 1.58 bits per heavy atom. The molecule has 2 N–H and O–H groups in total. The third-order valence-electron chi connectivity index (χ3n) is 3.48. The Bertz CT molecular complexity index is 449. The van der Waals surface area contributed by atoms with Crippen LogP contribution in [-0.2, 0) is 6.54 Å². The zero-order valence-electron chi connectivity index (χ0n) is 11.9. The molecule has 19 heavy (non-hydrogen) atoms. The van der Waals surface area contributed by atoms with Crippen molar-refractivity contribution in [3.63, 3.8) is 0 Å². The van der Waals surface area contributed by atoms with Gasteiger partial charge >= 0.3 is 0 Å². The molecular formula is C14H24N4O. The van der Waals surface area contributed by atoms with Gasteiger partial charge in [-0.15, -0.1) is 0 Å². The van der Waals surface area contributed by atoms with Crippen molar-refractivity contribution in [2.45, 2.75) is 33.2 Å². The minimum absolute atomic E-state index is 0.0132. The minimum Gasteiger partial charge on any atom is -0.365 e. The molecule has 1 aromatic rings. The van der Waals surface area contributed by atoms with Crippen LogP contribution in [0.25, 0.3) is 0 Å². The van der Waals surface area contributed by atoms with E-state index in [4.69, 9.17) is 0 Å². The Morgan fingerprint density at radius 3 is 3.11 bits per heavy atom. The summed E-state index contributed by atoms with van der Waals surface area (Å²) in [5, 5.41) is 6.54. The predicted molar refractivity (Wildman–Crippen MR) is 77.4 cm³/mol. The van der Waals surface area contributed by atoms with Crippen LogP contribution in [0.5, 0.6) is 0 Å². The Hall–Kier alpha value is -1.36. The van der Waals surface area contributed by atoms with Gasteiger partial charge in [0, 0.05) is 25.5 Å². The number of rotatable bonds is 6. The van der Waals surface area contributed by atoms with E-state index in [1.807, 2.05) is 0 Å². The van der Waals surface area contributed by atoms with Gasteiger partial charge in [-0.25, -0.2) is 4.98 Å². The summed E-state index contributed by atoms with van der Waals surface area (Å²) in [7, 11) is 0. The standard InChI is InChI=1S/C14H24N4O/c1-11(2)10-18-8-7-17-13(14(18)19)16-6-4-12-3-5-15-9-12/h7-8,11-12,15H,3-6,9-10H2,1-2H3,(H,16,17). The van der Waals surface area contributed by atoms with Crippen molar-refractivity contribution >= 4 is 5.82 Å². The normalized spacial score (nSPS) is 19.0. The van der Waals surface area contributed by atoms with E-state index >= 15 is 0 Å². The Balaban J connectivity index is 1.90. The smallest absolute Gasteiger partial charge is 0.293 e. The Labute approximate surface area is 114 Å². The molecule has 1 unspecified atom stereocenters. The highest BCUT2D eigenvalue weighted by Crippen LogP contribution is 2.11. The van der Waals surface area contributed by atoms with Gasteiger partial charge in [-0.3, -0.25) is 4.79 Å². The molecule has 1 aliphatic rings. The summed E-state index contributed by atoms with van der Waals surface area (Å²) >= 11 is 0. The molecule has 106 valence electrons. The number of anilines is 1. The van der Waals surface area contributed by atoms with E-state index in [0.29, 0.717) is 11.7 Å². The van der Waals surface area contributed by atoms with Crippen LogP contribution in [-0.4, -0.2) is 29.2 Å². The molecule has 1 saturated heterocycles. The highest BCUT2D eigenvalue weighted by atomic mass is 16.1. The van der Waals surface area contributed by atoms with Crippen molar-refractivity contribution in [1.82, 2.24) is 14.9 Å². The number of hydrogen-bond acceptors (Lipinski definition) is 4. The van der Waals surface area contributed by atoms with Crippen LogP contribution >= 0.6 is 0 Å². The van der Waals surface area contributed by atoms with Crippen molar-refractivity contribution in [3.8, 4) is 0 Å². The van der Waals surface area contributed by atoms with Gasteiger partial charge in [-0.05, 0) is 37.8 Å². The van der Waals surface area contributed by atoms with Crippen molar-refractivity contribution in [2.24, 2.45) is 11.8 Å². The summed E-state index contributed by atoms with van der Waals surface area (Å²) in [6.45, 7) is 7.99. The second kappa shape index (κ2) is 6.70. The van der Waals surface area contributed by atoms with Gasteiger partial charge in [0.25, 0.3) is 5.56 Å². The molecule has 0 amide bonds. The van der Waals surface area contributed by atoms with Gasteiger partial charge < -0.3 is 15.2 Å². The van der Waals surface area contributed by atoms with Crippen LogP contribution in [0.2, 0.25) is 0 Å². The summed E-state index contributed by atoms with van der Waals surface area (Å²) < 4.78 is 1.73. The molecule has 0 radical (unpaired) electrons. The topological polar surface area (TPSA) is 59.0 Å². The Morgan fingerprint density at radius 2 is 2.42 bits per heavy atom. The van der Waals surface area contributed by atoms with Gasteiger partial charge in [0.15, 0.2) is 5.82 Å². The second-order valence-electron chi connectivity index (χ2n) is 5.70. The lowest BCUT2D eigenvalue weighted by molar-refractivity contribution is 0.509. The second-order valence-corrected chi connectivity index (χ2v) is 5.70. The molecule has 2 rings (SSSR count). The summed E-state index contributed by atoms with van der Waals surface area (Å²) in [5.41, 5.74) is -0.0132. The summed E-state index contributed by atoms with van der Waals surface area (Å²) in [6, 6.07) is 0. The maximum atomic E-state index is 12.2. The van der Waals surface area contributed by atoms with E-state index in [2.05, 4.69) is 29.5 Å². The molecular weight excluding hydrogens is 240 g/mol. The first kappa shape index (κ1) is 14.1. The maximum Gasteiger partial charge on any atom is 0.293 e. The molecule has 0 spiro atoms. The fraction of sp³-hybridized carbons (Fsp3) is 0.714. The summed E-state index contributed by atoms with van der Waals surface area (Å²) in [4.78, 5) is 16.3. The predicted octanol–water partition coefficient (Wildman–Crippen LogP) is 1.31. The lowest BCUT2D eigenvalue weighted by Gasteiger charge is -2.12. The third-order valence-corrected chi connectivity index (χ3v) is 3.48. The number of nitrogens with one attached hydrogen (secondary N) is 2. The van der Waals surface area contributed by atoms with Crippen molar-refractivity contribution in [3.05, 3.63) is 22.7 Å². The van der Waals surface area contributed by atoms with Crippen molar-refractivity contribution < 1.29 is 0 Å². The fourth-order valence-corrected chi connectivity index (χ4v) is 2.46. The van der Waals surface area contributed by atoms with Gasteiger partial charge in [0.2, 0.25) is 0 Å². The van der Waals surface area contributed by atoms with Crippen molar-refractivity contribution in [2.75, 3.05) is 25.0 Å². The van der Waals surface area contributed by atoms with Crippen LogP contribution in [0.4, 0.5) is 5.82 Å². The SMILES string of the molecule is CC(C)Cn1ccnc(NCCC2CCNC2)c1=O. The highest BCUT2D eigenvalue weighted by Gasteiger charge is 2.14. The van der Waals surface area contributed by atoms with Crippen LogP contribution in [0.15, 0.2) is 17.2 Å². The van der Waals surface area contributed by atoms with E-state index in [1.165, 1.54) is 6.42 Å².